The third-order valence-electron chi connectivity index (χ3n) is 5.21. The van der Waals surface area contributed by atoms with Gasteiger partial charge in [-0.05, 0) is 68.8 Å². The van der Waals surface area contributed by atoms with Crippen molar-refractivity contribution < 1.29 is 18.7 Å². The van der Waals surface area contributed by atoms with E-state index in [1.165, 1.54) is 22.9 Å². The molecule has 1 atom stereocenters. The van der Waals surface area contributed by atoms with Crippen molar-refractivity contribution in [1.29, 1.82) is 0 Å². The molecule has 4 aromatic rings. The lowest BCUT2D eigenvalue weighted by molar-refractivity contribution is -0.119. The van der Waals surface area contributed by atoms with Crippen molar-refractivity contribution in [3.8, 4) is 5.75 Å². The summed E-state index contributed by atoms with van der Waals surface area (Å²) in [6, 6.07) is 15.6. The molecule has 0 saturated carbocycles. The SMILES string of the molecule is Cc1ccc(OCc2ccc(C(=O)Nc3ccc(NC(=O)C(C)n4cncn4)cc3)o2)c(C)c1. The van der Waals surface area contributed by atoms with Crippen LogP contribution in [0.25, 0.3) is 0 Å². The van der Waals surface area contributed by atoms with E-state index in [0.717, 1.165) is 11.3 Å². The zero-order valence-electron chi connectivity index (χ0n) is 19.1. The van der Waals surface area contributed by atoms with Crippen molar-refractivity contribution >= 4 is 23.2 Å². The molecule has 2 heterocycles. The monoisotopic (exact) mass is 459 g/mol. The van der Waals surface area contributed by atoms with Crippen LogP contribution in [0.4, 0.5) is 11.4 Å². The van der Waals surface area contributed by atoms with Crippen molar-refractivity contribution in [1.82, 2.24) is 14.8 Å². The number of nitrogens with zero attached hydrogens (tertiary/aromatic N) is 3. The van der Waals surface area contributed by atoms with Crippen LogP contribution in [0.1, 0.15) is 40.4 Å². The first kappa shape index (κ1) is 22.8. The standard InChI is InChI=1S/C25H25N5O4/c1-16-4-10-22(17(2)12-16)33-13-21-9-11-23(34-21)25(32)29-20-7-5-19(6-8-20)28-24(31)18(3)30-15-26-14-27-30/h4-12,14-15,18H,13H2,1-3H3,(H,28,31)(H,29,32). The molecule has 0 aliphatic rings. The van der Waals surface area contributed by atoms with Gasteiger partial charge in [-0.2, -0.15) is 5.10 Å². The van der Waals surface area contributed by atoms with Crippen molar-refractivity contribution in [2.45, 2.75) is 33.4 Å². The van der Waals surface area contributed by atoms with Gasteiger partial charge in [0.1, 0.15) is 36.8 Å². The fourth-order valence-electron chi connectivity index (χ4n) is 3.30. The van der Waals surface area contributed by atoms with E-state index >= 15 is 0 Å². The van der Waals surface area contributed by atoms with Crippen molar-refractivity contribution in [3.63, 3.8) is 0 Å². The fourth-order valence-corrected chi connectivity index (χ4v) is 3.30. The van der Waals surface area contributed by atoms with Gasteiger partial charge in [0, 0.05) is 11.4 Å². The first-order chi connectivity index (χ1) is 16.4. The van der Waals surface area contributed by atoms with Gasteiger partial charge in [-0.15, -0.1) is 0 Å². The molecule has 0 aliphatic carbocycles. The minimum absolute atomic E-state index is 0.179. The van der Waals surface area contributed by atoms with Gasteiger partial charge in [0.25, 0.3) is 5.91 Å². The summed E-state index contributed by atoms with van der Waals surface area (Å²) in [6.07, 6.45) is 2.86. The fraction of sp³-hybridized carbons (Fsp3) is 0.200. The topological polar surface area (TPSA) is 111 Å². The molecular weight excluding hydrogens is 434 g/mol. The van der Waals surface area contributed by atoms with Crippen molar-refractivity contribution in [2.75, 3.05) is 10.6 Å². The molecule has 0 radical (unpaired) electrons. The Labute approximate surface area is 196 Å². The second-order valence-corrected chi connectivity index (χ2v) is 7.90. The van der Waals surface area contributed by atoms with E-state index in [-0.39, 0.29) is 24.2 Å². The van der Waals surface area contributed by atoms with Crippen LogP contribution in [0.15, 0.2) is 71.7 Å². The first-order valence-electron chi connectivity index (χ1n) is 10.7. The van der Waals surface area contributed by atoms with E-state index in [1.807, 2.05) is 32.0 Å². The predicted octanol–water partition coefficient (Wildman–Crippen LogP) is 4.52. The average Bonchev–Trinajstić information content (AvgIpc) is 3.52. The number of amides is 2. The molecule has 0 spiro atoms. The summed E-state index contributed by atoms with van der Waals surface area (Å²) in [5, 5.41) is 9.56. The molecule has 2 aromatic carbocycles. The maximum Gasteiger partial charge on any atom is 0.291 e. The molecule has 2 amide bonds. The third kappa shape index (κ3) is 5.50. The number of hydrogen-bond donors (Lipinski definition) is 2. The van der Waals surface area contributed by atoms with Crippen LogP contribution in [0.2, 0.25) is 0 Å². The summed E-state index contributed by atoms with van der Waals surface area (Å²) in [6.45, 7) is 5.96. The van der Waals surface area contributed by atoms with E-state index in [1.54, 1.807) is 43.3 Å². The Kier molecular flexibility index (Phi) is 6.72. The number of aryl methyl sites for hydroxylation is 2. The summed E-state index contributed by atoms with van der Waals surface area (Å²) in [4.78, 5) is 28.7. The number of furan rings is 1. The molecule has 9 heteroatoms. The van der Waals surface area contributed by atoms with Gasteiger partial charge in [0.05, 0.1) is 0 Å². The van der Waals surface area contributed by atoms with Crippen LogP contribution < -0.4 is 15.4 Å². The highest BCUT2D eigenvalue weighted by Crippen LogP contribution is 2.21. The number of anilines is 2. The molecule has 4 rings (SSSR count). The van der Waals surface area contributed by atoms with Crippen molar-refractivity contribution in [2.24, 2.45) is 0 Å². The smallest absolute Gasteiger partial charge is 0.291 e. The molecule has 2 aromatic heterocycles. The number of nitrogens with one attached hydrogen (secondary N) is 2. The van der Waals surface area contributed by atoms with Crippen LogP contribution in [0.5, 0.6) is 5.75 Å². The van der Waals surface area contributed by atoms with E-state index in [9.17, 15) is 9.59 Å². The van der Waals surface area contributed by atoms with Crippen LogP contribution in [0, 0.1) is 13.8 Å². The lowest BCUT2D eigenvalue weighted by Gasteiger charge is -2.12. The quantitative estimate of drug-likeness (QED) is 0.401. The Morgan fingerprint density at radius 3 is 2.44 bits per heavy atom. The molecule has 2 N–H and O–H groups in total. The number of carbonyl (C=O) groups excluding carboxylic acids is 2. The zero-order chi connectivity index (χ0) is 24.1. The Hall–Kier alpha value is -4.40. The van der Waals surface area contributed by atoms with Gasteiger partial charge in [0.2, 0.25) is 5.91 Å². The largest absolute Gasteiger partial charge is 0.485 e. The number of carbonyl (C=O) groups is 2. The van der Waals surface area contributed by atoms with Gasteiger partial charge < -0.3 is 19.8 Å². The van der Waals surface area contributed by atoms with Crippen LogP contribution in [-0.4, -0.2) is 26.6 Å². The summed E-state index contributed by atoms with van der Waals surface area (Å²) >= 11 is 0. The summed E-state index contributed by atoms with van der Waals surface area (Å²) < 4.78 is 12.9. The first-order valence-corrected chi connectivity index (χ1v) is 10.7. The Balaban J connectivity index is 1.30. The molecule has 0 saturated heterocycles. The maximum absolute atomic E-state index is 12.5. The zero-order valence-corrected chi connectivity index (χ0v) is 19.1. The average molecular weight is 460 g/mol. The minimum atomic E-state index is -0.506. The van der Waals surface area contributed by atoms with Crippen LogP contribution in [-0.2, 0) is 11.4 Å². The highest BCUT2D eigenvalue weighted by atomic mass is 16.5. The highest BCUT2D eigenvalue weighted by molar-refractivity contribution is 6.02. The molecule has 1 unspecified atom stereocenters. The summed E-state index contributed by atoms with van der Waals surface area (Å²) in [7, 11) is 0. The predicted molar refractivity (Wildman–Crippen MR) is 127 cm³/mol. The molecular formula is C25H25N5O4. The maximum atomic E-state index is 12.5. The van der Waals surface area contributed by atoms with Gasteiger partial charge in [-0.3, -0.25) is 9.59 Å². The van der Waals surface area contributed by atoms with E-state index in [4.69, 9.17) is 9.15 Å². The molecule has 34 heavy (non-hydrogen) atoms. The van der Waals surface area contributed by atoms with Crippen LogP contribution in [0.3, 0.4) is 0 Å². The lowest BCUT2D eigenvalue weighted by Crippen LogP contribution is -2.24. The van der Waals surface area contributed by atoms with Gasteiger partial charge in [-0.1, -0.05) is 17.7 Å². The van der Waals surface area contributed by atoms with E-state index in [2.05, 4.69) is 20.7 Å². The van der Waals surface area contributed by atoms with Gasteiger partial charge in [-0.25, -0.2) is 9.67 Å². The van der Waals surface area contributed by atoms with Gasteiger partial charge in [0.15, 0.2) is 5.76 Å². The molecule has 0 bridgehead atoms. The summed E-state index contributed by atoms with van der Waals surface area (Å²) in [5.41, 5.74) is 3.37. The third-order valence-corrected chi connectivity index (χ3v) is 5.21. The number of benzene rings is 2. The lowest BCUT2D eigenvalue weighted by atomic mass is 10.1. The Morgan fingerprint density at radius 2 is 1.76 bits per heavy atom. The highest BCUT2D eigenvalue weighted by Gasteiger charge is 2.16. The Morgan fingerprint density at radius 1 is 1.03 bits per heavy atom. The van der Waals surface area contributed by atoms with E-state index in [0.29, 0.717) is 17.1 Å². The number of rotatable bonds is 8. The molecule has 9 nitrogen and oxygen atoms in total. The summed E-state index contributed by atoms with van der Waals surface area (Å²) in [5.74, 6) is 0.890. The number of hydrogen-bond acceptors (Lipinski definition) is 6. The molecule has 0 aliphatic heterocycles. The second-order valence-electron chi connectivity index (χ2n) is 7.90. The van der Waals surface area contributed by atoms with Crippen molar-refractivity contribution in [3.05, 3.63) is 89.9 Å². The molecule has 0 fully saturated rings. The van der Waals surface area contributed by atoms with E-state index < -0.39 is 6.04 Å². The number of aromatic nitrogens is 3. The van der Waals surface area contributed by atoms with Crippen LogP contribution >= 0.6 is 0 Å². The van der Waals surface area contributed by atoms with Gasteiger partial charge >= 0.3 is 0 Å². The second kappa shape index (κ2) is 10.0. The Bertz CT molecular complexity index is 1280. The number of ether oxygens (including phenoxy) is 1. The minimum Gasteiger partial charge on any atom is -0.485 e. The normalized spacial score (nSPS) is 11.6. The molecule has 174 valence electrons.